The van der Waals surface area contributed by atoms with E-state index in [1.165, 1.54) is 50.6 Å². The Morgan fingerprint density at radius 1 is 1.25 bits per heavy atom. The lowest BCUT2D eigenvalue weighted by Gasteiger charge is -2.31. The summed E-state index contributed by atoms with van der Waals surface area (Å²) in [6.45, 7) is 3.19. The van der Waals surface area contributed by atoms with Crippen molar-refractivity contribution in [2.24, 2.45) is 0 Å². The highest BCUT2D eigenvalue weighted by molar-refractivity contribution is 6.30. The van der Waals surface area contributed by atoms with E-state index in [0.717, 1.165) is 24.2 Å². The molecule has 0 aliphatic heterocycles. The Morgan fingerprint density at radius 3 is 2.80 bits per heavy atom. The Kier molecular flexibility index (Phi) is 6.85. The van der Waals surface area contributed by atoms with E-state index in [1.54, 1.807) is 0 Å². The first kappa shape index (κ1) is 15.8. The number of hydrogen-bond acceptors (Lipinski definition) is 2. The average molecular weight is 295 g/mol. The maximum atomic E-state index is 5.98. The maximum absolute atomic E-state index is 5.98. The van der Waals surface area contributed by atoms with Gasteiger partial charge in [0, 0.05) is 17.6 Å². The molecule has 0 heterocycles. The molecule has 0 spiro atoms. The maximum Gasteiger partial charge on any atom is 0.0409 e. The molecule has 0 saturated heterocycles. The molecule has 0 bridgehead atoms. The van der Waals surface area contributed by atoms with Gasteiger partial charge in [-0.05, 0) is 57.1 Å². The smallest absolute Gasteiger partial charge is 0.0409 e. The van der Waals surface area contributed by atoms with Crippen LogP contribution in [-0.2, 0) is 6.54 Å². The summed E-state index contributed by atoms with van der Waals surface area (Å²) >= 11 is 5.98. The summed E-state index contributed by atoms with van der Waals surface area (Å²) in [6.07, 6.45) is 8.28. The third kappa shape index (κ3) is 5.43. The minimum absolute atomic E-state index is 0.821. The largest absolute Gasteiger partial charge is 0.313 e. The van der Waals surface area contributed by atoms with E-state index in [2.05, 4.69) is 23.3 Å². The Bertz CT molecular complexity index is 388. The third-order valence-corrected chi connectivity index (χ3v) is 4.52. The SMILES string of the molecule is CN(CCCNCc1cccc(Cl)c1)C1CCCCC1. The quantitative estimate of drug-likeness (QED) is 0.762. The van der Waals surface area contributed by atoms with Crippen molar-refractivity contribution in [2.75, 3.05) is 20.1 Å². The highest BCUT2D eigenvalue weighted by atomic mass is 35.5. The number of rotatable bonds is 7. The van der Waals surface area contributed by atoms with E-state index in [-0.39, 0.29) is 0 Å². The fraction of sp³-hybridized carbons (Fsp3) is 0.647. The molecular weight excluding hydrogens is 268 g/mol. The molecule has 0 radical (unpaired) electrons. The second-order valence-corrected chi connectivity index (χ2v) is 6.37. The van der Waals surface area contributed by atoms with Crippen LogP contribution in [0.15, 0.2) is 24.3 Å². The van der Waals surface area contributed by atoms with Gasteiger partial charge in [-0.25, -0.2) is 0 Å². The molecule has 112 valence electrons. The van der Waals surface area contributed by atoms with Crippen molar-refractivity contribution in [3.8, 4) is 0 Å². The van der Waals surface area contributed by atoms with Gasteiger partial charge in [-0.15, -0.1) is 0 Å². The highest BCUT2D eigenvalue weighted by Crippen LogP contribution is 2.21. The van der Waals surface area contributed by atoms with E-state index < -0.39 is 0 Å². The zero-order valence-corrected chi connectivity index (χ0v) is 13.3. The van der Waals surface area contributed by atoms with Gasteiger partial charge in [0.05, 0.1) is 0 Å². The summed E-state index contributed by atoms with van der Waals surface area (Å²) in [5, 5.41) is 4.32. The Labute approximate surface area is 128 Å². The zero-order chi connectivity index (χ0) is 14.2. The molecule has 0 amide bonds. The lowest BCUT2D eigenvalue weighted by molar-refractivity contribution is 0.189. The van der Waals surface area contributed by atoms with Gasteiger partial charge in [0.15, 0.2) is 0 Å². The second kappa shape index (κ2) is 8.66. The van der Waals surface area contributed by atoms with E-state index in [9.17, 15) is 0 Å². The van der Waals surface area contributed by atoms with Crippen molar-refractivity contribution in [3.63, 3.8) is 0 Å². The van der Waals surface area contributed by atoms with Crippen molar-refractivity contribution in [1.29, 1.82) is 0 Å². The average Bonchev–Trinajstić information content (AvgIpc) is 2.48. The summed E-state index contributed by atoms with van der Waals surface area (Å²) in [5.41, 5.74) is 1.26. The topological polar surface area (TPSA) is 15.3 Å². The van der Waals surface area contributed by atoms with Crippen molar-refractivity contribution in [1.82, 2.24) is 10.2 Å². The number of halogens is 1. The molecule has 3 heteroatoms. The number of hydrogen-bond donors (Lipinski definition) is 1. The standard InChI is InChI=1S/C17H27ClN2/c1-20(17-9-3-2-4-10-17)12-6-11-19-14-15-7-5-8-16(18)13-15/h5,7-8,13,17,19H,2-4,6,9-12,14H2,1H3. The fourth-order valence-corrected chi connectivity index (χ4v) is 3.25. The predicted octanol–water partition coefficient (Wildman–Crippen LogP) is 4.08. The number of benzene rings is 1. The lowest BCUT2D eigenvalue weighted by atomic mass is 9.94. The molecule has 2 nitrogen and oxygen atoms in total. The lowest BCUT2D eigenvalue weighted by Crippen LogP contribution is -2.35. The van der Waals surface area contributed by atoms with E-state index in [4.69, 9.17) is 11.6 Å². The Hall–Kier alpha value is -0.570. The van der Waals surface area contributed by atoms with Crippen LogP contribution in [0.1, 0.15) is 44.1 Å². The molecule has 20 heavy (non-hydrogen) atoms. The summed E-state index contributed by atoms with van der Waals surface area (Å²) in [7, 11) is 2.28. The summed E-state index contributed by atoms with van der Waals surface area (Å²) in [4.78, 5) is 2.56. The normalized spacial score (nSPS) is 16.8. The minimum Gasteiger partial charge on any atom is -0.313 e. The van der Waals surface area contributed by atoms with Crippen LogP contribution >= 0.6 is 11.6 Å². The van der Waals surface area contributed by atoms with Gasteiger partial charge in [-0.2, -0.15) is 0 Å². The fourth-order valence-electron chi connectivity index (χ4n) is 3.04. The van der Waals surface area contributed by atoms with E-state index in [1.807, 2.05) is 18.2 Å². The Balaban J connectivity index is 1.57. The van der Waals surface area contributed by atoms with Gasteiger partial charge in [0.25, 0.3) is 0 Å². The zero-order valence-electron chi connectivity index (χ0n) is 12.6. The molecule has 1 aliphatic carbocycles. The molecule has 2 rings (SSSR count). The summed E-state index contributed by atoms with van der Waals surface area (Å²) in [5.74, 6) is 0. The second-order valence-electron chi connectivity index (χ2n) is 5.93. The molecule has 1 saturated carbocycles. The monoisotopic (exact) mass is 294 g/mol. The number of nitrogens with one attached hydrogen (secondary N) is 1. The van der Waals surface area contributed by atoms with Crippen LogP contribution in [0.2, 0.25) is 5.02 Å². The number of nitrogens with zero attached hydrogens (tertiary/aromatic N) is 1. The van der Waals surface area contributed by atoms with Gasteiger partial charge in [-0.1, -0.05) is 43.0 Å². The third-order valence-electron chi connectivity index (χ3n) is 4.28. The predicted molar refractivity (Wildman–Crippen MR) is 87.3 cm³/mol. The molecule has 1 aromatic carbocycles. The van der Waals surface area contributed by atoms with E-state index in [0.29, 0.717) is 0 Å². The van der Waals surface area contributed by atoms with Crippen LogP contribution in [-0.4, -0.2) is 31.1 Å². The van der Waals surface area contributed by atoms with Crippen LogP contribution < -0.4 is 5.32 Å². The summed E-state index contributed by atoms with van der Waals surface area (Å²) in [6, 6.07) is 8.91. The molecule has 0 atom stereocenters. The van der Waals surface area contributed by atoms with Crippen molar-refractivity contribution >= 4 is 11.6 Å². The van der Waals surface area contributed by atoms with Gasteiger partial charge < -0.3 is 10.2 Å². The van der Waals surface area contributed by atoms with Crippen LogP contribution in [0.3, 0.4) is 0 Å². The van der Waals surface area contributed by atoms with Crippen molar-refractivity contribution < 1.29 is 0 Å². The molecule has 1 N–H and O–H groups in total. The highest BCUT2D eigenvalue weighted by Gasteiger charge is 2.16. The molecular formula is C17H27ClN2. The molecule has 1 fully saturated rings. The van der Waals surface area contributed by atoms with Crippen LogP contribution in [0.5, 0.6) is 0 Å². The minimum atomic E-state index is 0.821. The van der Waals surface area contributed by atoms with Gasteiger partial charge in [0.1, 0.15) is 0 Å². The Morgan fingerprint density at radius 2 is 2.05 bits per heavy atom. The van der Waals surface area contributed by atoms with Crippen LogP contribution in [0, 0.1) is 0 Å². The van der Waals surface area contributed by atoms with Crippen molar-refractivity contribution in [2.45, 2.75) is 51.1 Å². The van der Waals surface area contributed by atoms with Gasteiger partial charge >= 0.3 is 0 Å². The van der Waals surface area contributed by atoms with Crippen LogP contribution in [0.4, 0.5) is 0 Å². The van der Waals surface area contributed by atoms with Gasteiger partial charge in [0.2, 0.25) is 0 Å². The van der Waals surface area contributed by atoms with E-state index >= 15 is 0 Å². The first-order valence-electron chi connectivity index (χ1n) is 7.91. The van der Waals surface area contributed by atoms with Gasteiger partial charge in [-0.3, -0.25) is 0 Å². The molecule has 0 aromatic heterocycles. The summed E-state index contributed by atoms with van der Waals surface area (Å²) < 4.78 is 0. The van der Waals surface area contributed by atoms with Crippen molar-refractivity contribution in [3.05, 3.63) is 34.9 Å². The molecule has 1 aliphatic rings. The molecule has 0 unspecified atom stereocenters. The van der Waals surface area contributed by atoms with Crippen LogP contribution in [0.25, 0.3) is 0 Å². The first-order chi connectivity index (χ1) is 9.75. The first-order valence-corrected chi connectivity index (χ1v) is 8.29. The molecule has 1 aromatic rings.